The van der Waals surface area contributed by atoms with Crippen LogP contribution < -0.4 is 16.2 Å². The minimum Gasteiger partial charge on any atom is -0.465 e. The van der Waals surface area contributed by atoms with Crippen LogP contribution in [0.1, 0.15) is 62.9 Å². The molecule has 3 heterocycles. The molecule has 1 saturated carbocycles. The monoisotopic (exact) mass is 578 g/mol. The van der Waals surface area contributed by atoms with Gasteiger partial charge in [0, 0.05) is 20.3 Å². The molecule has 3 aromatic rings. The number of nitrogens with one attached hydrogen (secondary N) is 3. The van der Waals surface area contributed by atoms with Gasteiger partial charge in [0.2, 0.25) is 11.8 Å². The van der Waals surface area contributed by atoms with E-state index in [-0.39, 0.29) is 31.0 Å². The first-order valence-corrected chi connectivity index (χ1v) is 14.3. The number of H-pyrrole nitrogens is 1. The van der Waals surface area contributed by atoms with E-state index < -0.39 is 23.6 Å². The number of likely N-dealkylation sites (N-methyl/N-ethyl adjacent to an activating group) is 1. The molecule has 0 spiro atoms. The number of aryl methyl sites for hydroxylation is 1. The topological polar surface area (TPSA) is 175 Å². The fourth-order valence-corrected chi connectivity index (χ4v) is 5.16. The molecular formula is C29H38N8O5. The summed E-state index contributed by atoms with van der Waals surface area (Å²) in [4.78, 5) is 67.1. The maximum Gasteiger partial charge on any atom is 0.405 e. The molecule has 0 aromatic carbocycles. The summed E-state index contributed by atoms with van der Waals surface area (Å²) in [6.07, 6.45) is 13.4. The molecule has 13 nitrogen and oxygen atoms in total. The molecule has 4 N–H and O–H groups in total. The Bertz CT molecular complexity index is 1490. The number of rotatable bonds is 12. The lowest BCUT2D eigenvalue weighted by molar-refractivity contribution is -0.123. The number of carboxylic acid groups (broad SMARTS) is 1. The molecule has 4 rings (SSSR count). The fourth-order valence-electron chi connectivity index (χ4n) is 5.16. The number of anilines is 1. The van der Waals surface area contributed by atoms with Crippen LogP contribution in [0.5, 0.6) is 0 Å². The maximum absolute atomic E-state index is 13.2. The number of imidazole rings is 1. The Labute approximate surface area is 243 Å². The molecule has 1 unspecified atom stereocenters. The summed E-state index contributed by atoms with van der Waals surface area (Å²) in [6, 6.07) is 1.94. The Hall–Kier alpha value is -4.55. The van der Waals surface area contributed by atoms with Gasteiger partial charge in [0.1, 0.15) is 29.4 Å². The van der Waals surface area contributed by atoms with Gasteiger partial charge in [-0.05, 0) is 49.8 Å². The van der Waals surface area contributed by atoms with Crippen LogP contribution in [0.2, 0.25) is 0 Å². The zero-order chi connectivity index (χ0) is 30.1. The average molecular weight is 579 g/mol. The van der Waals surface area contributed by atoms with Gasteiger partial charge in [-0.25, -0.2) is 19.7 Å². The Morgan fingerprint density at radius 1 is 1.21 bits per heavy atom. The highest BCUT2D eigenvalue weighted by Gasteiger charge is 2.22. The Morgan fingerprint density at radius 2 is 2.00 bits per heavy atom. The van der Waals surface area contributed by atoms with Gasteiger partial charge in [0.05, 0.1) is 12.2 Å². The summed E-state index contributed by atoms with van der Waals surface area (Å²) in [6.45, 7) is 0.114. The largest absolute Gasteiger partial charge is 0.465 e. The molecule has 0 bridgehead atoms. The lowest BCUT2D eigenvalue weighted by atomic mass is 9.86. The summed E-state index contributed by atoms with van der Waals surface area (Å²) < 4.78 is 1.40. The van der Waals surface area contributed by atoms with E-state index in [9.17, 15) is 24.3 Å². The lowest BCUT2D eigenvalue weighted by Crippen LogP contribution is -2.44. The number of aromatic amines is 1. The quantitative estimate of drug-likeness (QED) is 0.237. The van der Waals surface area contributed by atoms with E-state index in [1.54, 1.807) is 32.4 Å². The standard InChI is InChI=1S/C29H38N8O5/c1-36(2)24(38)13-7-6-11-21(33-29(41)42)27(39)32-22-12-8-16-37(28(22)40)17-23-34-25-20(30-18-31-26(25)35-23)15-14-19-9-4-3-5-10-19/h7-8,12-13,16,18-19,21,33H,3-6,9-11,14-15,17H2,1-2H3,(H,32,39)(H,41,42)(H,30,31,34,35). The summed E-state index contributed by atoms with van der Waals surface area (Å²) in [5.74, 6) is 0.344. The normalized spacial score (nSPS) is 14.6. The van der Waals surface area contributed by atoms with E-state index in [1.165, 1.54) is 60.0 Å². The van der Waals surface area contributed by atoms with Crippen molar-refractivity contribution in [2.45, 2.75) is 70.4 Å². The number of aromatic nitrogens is 5. The zero-order valence-electron chi connectivity index (χ0n) is 24.0. The molecule has 224 valence electrons. The average Bonchev–Trinajstić information content (AvgIpc) is 3.39. The molecule has 42 heavy (non-hydrogen) atoms. The number of carbonyl (C=O) groups is 3. The zero-order valence-corrected chi connectivity index (χ0v) is 24.0. The Morgan fingerprint density at radius 3 is 2.74 bits per heavy atom. The molecule has 3 amide bonds. The highest BCUT2D eigenvalue weighted by molar-refractivity contribution is 5.96. The number of amides is 3. The summed E-state index contributed by atoms with van der Waals surface area (Å²) >= 11 is 0. The van der Waals surface area contributed by atoms with E-state index in [2.05, 4.69) is 30.6 Å². The van der Waals surface area contributed by atoms with Gasteiger partial charge < -0.3 is 30.2 Å². The molecule has 13 heteroatoms. The Balaban J connectivity index is 1.43. The van der Waals surface area contributed by atoms with Gasteiger partial charge in [-0.2, -0.15) is 0 Å². The number of allylic oxidation sites excluding steroid dienone is 1. The second-order valence-electron chi connectivity index (χ2n) is 10.8. The predicted octanol–water partition coefficient (Wildman–Crippen LogP) is 3.08. The van der Waals surface area contributed by atoms with E-state index in [4.69, 9.17) is 0 Å². The van der Waals surface area contributed by atoms with E-state index in [1.807, 2.05) is 0 Å². The van der Waals surface area contributed by atoms with Crippen LogP contribution in [0, 0.1) is 5.92 Å². The molecule has 1 aliphatic carbocycles. The molecule has 0 saturated heterocycles. The lowest BCUT2D eigenvalue weighted by Gasteiger charge is -2.21. The van der Waals surface area contributed by atoms with Crippen LogP contribution in [0.15, 0.2) is 41.6 Å². The minimum absolute atomic E-state index is 0.00194. The summed E-state index contributed by atoms with van der Waals surface area (Å²) in [5.41, 5.74) is 1.75. The SMILES string of the molecule is CN(C)C(=O)C=CCCC(NC(=O)O)C(=O)Nc1cccn(Cc2nc3ncnc(CCC4CCCCC4)c3[nH]2)c1=O. The number of fused-ring (bicyclic) bond motifs is 1. The second-order valence-corrected chi connectivity index (χ2v) is 10.8. The summed E-state index contributed by atoms with van der Waals surface area (Å²) in [7, 11) is 3.22. The van der Waals surface area contributed by atoms with Crippen molar-refractivity contribution in [2.24, 2.45) is 5.92 Å². The second kappa shape index (κ2) is 14.4. The molecule has 3 aromatic heterocycles. The third kappa shape index (κ3) is 8.24. The van der Waals surface area contributed by atoms with Crippen molar-refractivity contribution in [2.75, 3.05) is 19.4 Å². The van der Waals surface area contributed by atoms with Crippen molar-refractivity contribution in [3.63, 3.8) is 0 Å². The minimum atomic E-state index is -1.37. The maximum atomic E-state index is 13.2. The Kier molecular flexibility index (Phi) is 10.4. The van der Waals surface area contributed by atoms with Crippen molar-refractivity contribution in [1.82, 2.24) is 34.7 Å². The van der Waals surface area contributed by atoms with Gasteiger partial charge in [-0.15, -0.1) is 0 Å². The van der Waals surface area contributed by atoms with Gasteiger partial charge >= 0.3 is 6.09 Å². The number of hydrogen-bond acceptors (Lipinski definition) is 7. The van der Waals surface area contributed by atoms with E-state index in [0.29, 0.717) is 11.5 Å². The molecule has 1 fully saturated rings. The number of pyridine rings is 1. The number of hydrogen-bond donors (Lipinski definition) is 4. The first-order valence-electron chi connectivity index (χ1n) is 14.3. The first-order chi connectivity index (χ1) is 20.2. The van der Waals surface area contributed by atoms with Crippen molar-refractivity contribution < 1.29 is 19.5 Å². The van der Waals surface area contributed by atoms with Gasteiger partial charge in [0.25, 0.3) is 5.56 Å². The van der Waals surface area contributed by atoms with Crippen LogP contribution in [-0.4, -0.2) is 72.6 Å². The van der Waals surface area contributed by atoms with Crippen LogP contribution in [-0.2, 0) is 22.6 Å². The van der Waals surface area contributed by atoms with Gasteiger partial charge in [-0.3, -0.25) is 14.4 Å². The third-order valence-electron chi connectivity index (χ3n) is 7.47. The highest BCUT2D eigenvalue weighted by atomic mass is 16.4. The highest BCUT2D eigenvalue weighted by Crippen LogP contribution is 2.28. The van der Waals surface area contributed by atoms with Crippen molar-refractivity contribution in [3.05, 3.63) is 58.7 Å². The fraction of sp³-hybridized carbons (Fsp3) is 0.483. The van der Waals surface area contributed by atoms with E-state index in [0.717, 1.165) is 30.0 Å². The summed E-state index contributed by atoms with van der Waals surface area (Å²) in [5, 5.41) is 13.9. The molecular weight excluding hydrogens is 540 g/mol. The van der Waals surface area contributed by atoms with Crippen LogP contribution >= 0.6 is 0 Å². The van der Waals surface area contributed by atoms with Gasteiger partial charge in [-0.1, -0.05) is 38.2 Å². The van der Waals surface area contributed by atoms with Crippen molar-refractivity contribution >= 4 is 34.8 Å². The molecule has 1 atom stereocenters. The number of carbonyl (C=O) groups excluding carboxylic acids is 2. The van der Waals surface area contributed by atoms with E-state index >= 15 is 0 Å². The van der Waals surface area contributed by atoms with Crippen LogP contribution in [0.4, 0.5) is 10.5 Å². The van der Waals surface area contributed by atoms with Crippen molar-refractivity contribution in [3.8, 4) is 0 Å². The van der Waals surface area contributed by atoms with Crippen molar-refractivity contribution in [1.29, 1.82) is 0 Å². The predicted molar refractivity (Wildman–Crippen MR) is 157 cm³/mol. The molecule has 0 aliphatic heterocycles. The van der Waals surface area contributed by atoms with Crippen LogP contribution in [0.25, 0.3) is 11.2 Å². The first kappa shape index (κ1) is 30.4. The smallest absolute Gasteiger partial charge is 0.405 e. The number of nitrogens with zero attached hydrogens (tertiary/aromatic N) is 5. The molecule has 0 radical (unpaired) electrons. The third-order valence-corrected chi connectivity index (χ3v) is 7.47. The van der Waals surface area contributed by atoms with Gasteiger partial charge in [0.15, 0.2) is 5.65 Å². The molecule has 1 aliphatic rings. The van der Waals surface area contributed by atoms with Crippen LogP contribution in [0.3, 0.4) is 0 Å².